The molecule has 0 atom stereocenters. The summed E-state index contributed by atoms with van der Waals surface area (Å²) in [5, 5.41) is 0.851. The molecule has 0 spiro atoms. The minimum Gasteiger partial charge on any atom is -0.383 e. The zero-order valence-electron chi connectivity index (χ0n) is 6.46. The maximum Gasteiger partial charge on any atom is 0.134 e. The molecule has 0 saturated heterocycles. The minimum absolute atomic E-state index is 0.493. The Balaban J connectivity index is 2.94. The van der Waals surface area contributed by atoms with Gasteiger partial charge in [-0.1, -0.05) is 15.9 Å². The van der Waals surface area contributed by atoms with Crippen LogP contribution >= 0.6 is 31.9 Å². The molecular formula is C8H5Br2N3. The predicted octanol–water partition coefficient (Wildman–Crippen LogP) is 2.74. The molecule has 1 aromatic carbocycles. The van der Waals surface area contributed by atoms with Gasteiger partial charge in [-0.2, -0.15) is 0 Å². The second kappa shape index (κ2) is 3.23. The fourth-order valence-electron chi connectivity index (χ4n) is 1.11. The molecule has 2 aromatic rings. The maximum absolute atomic E-state index is 5.70. The lowest BCUT2D eigenvalue weighted by molar-refractivity contribution is 1.22. The molecule has 0 bridgehead atoms. The fraction of sp³-hybridized carbons (Fsp3) is 0. The maximum atomic E-state index is 5.70. The molecule has 66 valence electrons. The second-order valence-corrected chi connectivity index (χ2v) is 4.31. The van der Waals surface area contributed by atoms with Crippen LogP contribution < -0.4 is 5.73 Å². The summed E-state index contributed by atoms with van der Waals surface area (Å²) in [6.07, 6.45) is 1.45. The van der Waals surface area contributed by atoms with Gasteiger partial charge in [0.2, 0.25) is 0 Å². The van der Waals surface area contributed by atoms with Gasteiger partial charge in [0.15, 0.2) is 0 Å². The molecule has 1 heterocycles. The highest BCUT2D eigenvalue weighted by atomic mass is 79.9. The minimum atomic E-state index is 0.493. The van der Waals surface area contributed by atoms with Crippen molar-refractivity contribution in [3.63, 3.8) is 0 Å². The van der Waals surface area contributed by atoms with Crippen molar-refractivity contribution in [2.24, 2.45) is 0 Å². The van der Waals surface area contributed by atoms with Crippen molar-refractivity contribution in [1.29, 1.82) is 0 Å². The lowest BCUT2D eigenvalue weighted by Gasteiger charge is -2.02. The average molecular weight is 303 g/mol. The lowest BCUT2D eigenvalue weighted by atomic mass is 10.2. The molecule has 1 aromatic heterocycles. The van der Waals surface area contributed by atoms with Gasteiger partial charge in [-0.15, -0.1) is 0 Å². The van der Waals surface area contributed by atoms with Crippen LogP contribution in [0.3, 0.4) is 0 Å². The molecule has 0 fully saturated rings. The standard InChI is InChI=1S/C8H5Br2N3/c9-4-1-5-7(6(10)2-4)12-3-13-8(5)11/h1-3H,(H2,11,12,13). The van der Waals surface area contributed by atoms with Gasteiger partial charge in [0.1, 0.15) is 12.1 Å². The summed E-state index contributed by atoms with van der Waals surface area (Å²) >= 11 is 6.78. The third-order valence-corrected chi connectivity index (χ3v) is 2.75. The smallest absolute Gasteiger partial charge is 0.134 e. The van der Waals surface area contributed by atoms with Gasteiger partial charge in [0.05, 0.1) is 5.52 Å². The number of halogens is 2. The van der Waals surface area contributed by atoms with Crippen LogP contribution in [0.5, 0.6) is 0 Å². The van der Waals surface area contributed by atoms with E-state index in [0.717, 1.165) is 19.8 Å². The summed E-state index contributed by atoms with van der Waals surface area (Å²) in [5.74, 6) is 0.493. The highest BCUT2D eigenvalue weighted by molar-refractivity contribution is 9.11. The number of nitrogens with two attached hydrogens (primary N) is 1. The topological polar surface area (TPSA) is 51.8 Å². The van der Waals surface area contributed by atoms with E-state index >= 15 is 0 Å². The summed E-state index contributed by atoms with van der Waals surface area (Å²) in [5.41, 5.74) is 6.53. The van der Waals surface area contributed by atoms with Gasteiger partial charge < -0.3 is 5.73 Å². The number of rotatable bonds is 0. The Morgan fingerprint density at radius 1 is 1.15 bits per heavy atom. The van der Waals surface area contributed by atoms with Crippen LogP contribution in [-0.2, 0) is 0 Å². The molecule has 0 saturated carbocycles. The van der Waals surface area contributed by atoms with Crippen LogP contribution in [0.15, 0.2) is 27.4 Å². The summed E-state index contributed by atoms with van der Waals surface area (Å²) in [4.78, 5) is 8.04. The van der Waals surface area contributed by atoms with E-state index in [1.54, 1.807) is 0 Å². The Labute approximate surface area is 91.6 Å². The van der Waals surface area contributed by atoms with Crippen molar-refractivity contribution in [1.82, 2.24) is 9.97 Å². The van der Waals surface area contributed by atoms with Crippen LogP contribution in [0.1, 0.15) is 0 Å². The average Bonchev–Trinajstić information content (AvgIpc) is 2.07. The van der Waals surface area contributed by atoms with Gasteiger partial charge in [0.25, 0.3) is 0 Å². The van der Waals surface area contributed by atoms with E-state index in [-0.39, 0.29) is 0 Å². The molecule has 0 aliphatic rings. The Kier molecular flexibility index (Phi) is 2.21. The summed E-state index contributed by atoms with van der Waals surface area (Å²) in [6.45, 7) is 0. The SMILES string of the molecule is Nc1ncnc2c(Br)cc(Br)cc12. The number of nitrogen functional groups attached to an aromatic ring is 1. The number of nitrogens with zero attached hydrogens (tertiary/aromatic N) is 2. The van der Waals surface area contributed by atoms with E-state index in [9.17, 15) is 0 Å². The van der Waals surface area contributed by atoms with Crippen LogP contribution in [0.2, 0.25) is 0 Å². The normalized spacial score (nSPS) is 10.6. The zero-order chi connectivity index (χ0) is 9.42. The van der Waals surface area contributed by atoms with E-state index < -0.39 is 0 Å². The molecule has 0 amide bonds. The van der Waals surface area contributed by atoms with E-state index in [1.807, 2.05) is 12.1 Å². The number of anilines is 1. The third-order valence-electron chi connectivity index (χ3n) is 1.69. The van der Waals surface area contributed by atoms with E-state index in [4.69, 9.17) is 5.73 Å². The molecule has 5 heteroatoms. The largest absolute Gasteiger partial charge is 0.383 e. The number of hydrogen-bond donors (Lipinski definition) is 1. The predicted molar refractivity (Wildman–Crippen MR) is 59.4 cm³/mol. The monoisotopic (exact) mass is 301 g/mol. The Bertz CT molecular complexity index is 470. The van der Waals surface area contributed by atoms with Crippen molar-refractivity contribution in [2.75, 3.05) is 5.73 Å². The van der Waals surface area contributed by atoms with Crippen LogP contribution in [0.25, 0.3) is 10.9 Å². The van der Waals surface area contributed by atoms with Crippen molar-refractivity contribution in [2.45, 2.75) is 0 Å². The van der Waals surface area contributed by atoms with E-state index in [1.165, 1.54) is 6.33 Å². The van der Waals surface area contributed by atoms with Crippen LogP contribution in [-0.4, -0.2) is 9.97 Å². The van der Waals surface area contributed by atoms with Crippen LogP contribution in [0.4, 0.5) is 5.82 Å². The second-order valence-electron chi connectivity index (χ2n) is 2.54. The lowest BCUT2D eigenvalue weighted by Crippen LogP contribution is -1.93. The summed E-state index contributed by atoms with van der Waals surface area (Å²) < 4.78 is 1.86. The first kappa shape index (κ1) is 8.90. The molecule has 0 unspecified atom stereocenters. The fourth-order valence-corrected chi connectivity index (χ4v) is 2.44. The van der Waals surface area contributed by atoms with Crippen molar-refractivity contribution < 1.29 is 0 Å². The first-order chi connectivity index (χ1) is 6.18. The Morgan fingerprint density at radius 2 is 1.92 bits per heavy atom. The molecule has 0 aliphatic carbocycles. The molecule has 2 N–H and O–H groups in total. The number of benzene rings is 1. The first-order valence-corrected chi connectivity index (χ1v) is 5.12. The first-order valence-electron chi connectivity index (χ1n) is 3.53. The van der Waals surface area contributed by atoms with Gasteiger partial charge in [-0.05, 0) is 28.1 Å². The van der Waals surface area contributed by atoms with E-state index in [2.05, 4.69) is 41.8 Å². The highest BCUT2D eigenvalue weighted by Gasteiger charge is 2.04. The molecule has 0 radical (unpaired) electrons. The quantitative estimate of drug-likeness (QED) is 0.814. The Morgan fingerprint density at radius 3 is 2.69 bits per heavy atom. The molecular weight excluding hydrogens is 298 g/mol. The summed E-state index contributed by atoms with van der Waals surface area (Å²) in [6, 6.07) is 3.82. The van der Waals surface area contributed by atoms with Gasteiger partial charge >= 0.3 is 0 Å². The molecule has 3 nitrogen and oxygen atoms in total. The molecule has 13 heavy (non-hydrogen) atoms. The van der Waals surface area contributed by atoms with E-state index in [0.29, 0.717) is 5.82 Å². The van der Waals surface area contributed by atoms with Crippen molar-refractivity contribution >= 4 is 48.6 Å². The molecule has 0 aliphatic heterocycles. The zero-order valence-corrected chi connectivity index (χ0v) is 9.63. The number of fused-ring (bicyclic) bond motifs is 1. The van der Waals surface area contributed by atoms with Crippen molar-refractivity contribution in [3.8, 4) is 0 Å². The van der Waals surface area contributed by atoms with Crippen LogP contribution in [0, 0.1) is 0 Å². The highest BCUT2D eigenvalue weighted by Crippen LogP contribution is 2.28. The van der Waals surface area contributed by atoms with Gasteiger partial charge in [-0.25, -0.2) is 9.97 Å². The Hall–Kier alpha value is -0.680. The number of aromatic nitrogens is 2. The summed E-state index contributed by atoms with van der Waals surface area (Å²) in [7, 11) is 0. The molecule has 2 rings (SSSR count). The number of hydrogen-bond acceptors (Lipinski definition) is 3. The van der Waals surface area contributed by atoms with Gasteiger partial charge in [-0.3, -0.25) is 0 Å². The van der Waals surface area contributed by atoms with Gasteiger partial charge in [0, 0.05) is 14.3 Å². The van der Waals surface area contributed by atoms with Crippen molar-refractivity contribution in [3.05, 3.63) is 27.4 Å². The third kappa shape index (κ3) is 1.53.